The minimum Gasteiger partial charge on any atom is -0.494 e. The molecule has 2 aromatic rings. The number of hydrogen-bond donors (Lipinski definition) is 1. The second kappa shape index (κ2) is 8.67. The monoisotopic (exact) mass is 407 g/mol. The first-order valence-corrected chi connectivity index (χ1v) is 10.3. The summed E-state index contributed by atoms with van der Waals surface area (Å²) in [6.07, 6.45) is 1.63. The van der Waals surface area contributed by atoms with Crippen molar-refractivity contribution >= 4 is 29.1 Å². The number of benzene rings is 2. The number of carbonyl (C=O) groups excluding carboxylic acids is 3. The first-order valence-electron chi connectivity index (χ1n) is 10.3. The second-order valence-corrected chi connectivity index (χ2v) is 7.45. The Balaban J connectivity index is 1.37. The van der Waals surface area contributed by atoms with Crippen molar-refractivity contribution in [2.75, 3.05) is 23.0 Å². The third-order valence-corrected chi connectivity index (χ3v) is 5.43. The molecule has 2 fully saturated rings. The average molecular weight is 407 g/mol. The van der Waals surface area contributed by atoms with Crippen LogP contribution in [0.25, 0.3) is 0 Å². The summed E-state index contributed by atoms with van der Waals surface area (Å²) in [7, 11) is 0. The quantitative estimate of drug-likeness (QED) is 0.714. The highest BCUT2D eigenvalue weighted by Crippen LogP contribution is 2.26. The summed E-state index contributed by atoms with van der Waals surface area (Å²) >= 11 is 0. The molecule has 1 N–H and O–H groups in total. The standard InChI is InChI=1S/C23H25N3O4/c1-2-30-19-11-9-18(10-12-19)26-22(28)14-20(23(26)29)24-15-16-5-7-17(8-6-16)25-13-3-4-21(25)27/h5-12,20,24H,2-4,13-15H2,1H3. The number of rotatable bonds is 7. The van der Waals surface area contributed by atoms with E-state index in [9.17, 15) is 14.4 Å². The van der Waals surface area contributed by atoms with Gasteiger partial charge in [0, 0.05) is 25.2 Å². The summed E-state index contributed by atoms with van der Waals surface area (Å²) in [5.74, 6) is 0.396. The van der Waals surface area contributed by atoms with Crippen LogP contribution in [0, 0.1) is 0 Å². The van der Waals surface area contributed by atoms with Gasteiger partial charge in [0.2, 0.25) is 11.8 Å². The van der Waals surface area contributed by atoms with Gasteiger partial charge in [-0.1, -0.05) is 12.1 Å². The van der Waals surface area contributed by atoms with Gasteiger partial charge in [-0.2, -0.15) is 0 Å². The first-order chi connectivity index (χ1) is 14.6. The number of ether oxygens (including phenoxy) is 1. The van der Waals surface area contributed by atoms with Gasteiger partial charge in [0.15, 0.2) is 0 Å². The molecule has 7 heteroatoms. The third kappa shape index (κ3) is 4.07. The molecule has 0 spiro atoms. The van der Waals surface area contributed by atoms with Crippen molar-refractivity contribution in [1.82, 2.24) is 5.32 Å². The fourth-order valence-corrected chi connectivity index (χ4v) is 3.88. The molecule has 0 bridgehead atoms. The minimum atomic E-state index is -0.552. The van der Waals surface area contributed by atoms with Crippen molar-refractivity contribution in [3.05, 3.63) is 54.1 Å². The highest BCUT2D eigenvalue weighted by atomic mass is 16.5. The Bertz CT molecular complexity index is 940. The molecule has 2 saturated heterocycles. The van der Waals surface area contributed by atoms with Crippen LogP contribution in [-0.2, 0) is 20.9 Å². The number of anilines is 2. The van der Waals surface area contributed by atoms with Crippen molar-refractivity contribution < 1.29 is 19.1 Å². The van der Waals surface area contributed by atoms with Crippen LogP contribution in [0.2, 0.25) is 0 Å². The zero-order valence-electron chi connectivity index (χ0n) is 17.0. The number of nitrogens with one attached hydrogen (secondary N) is 1. The zero-order chi connectivity index (χ0) is 21.1. The van der Waals surface area contributed by atoms with Gasteiger partial charge in [0.25, 0.3) is 5.91 Å². The molecule has 156 valence electrons. The molecule has 2 aliphatic heterocycles. The SMILES string of the molecule is CCOc1ccc(N2C(=O)CC(NCc3ccc(N4CCCC4=O)cc3)C2=O)cc1. The summed E-state index contributed by atoms with van der Waals surface area (Å²) in [6, 6.07) is 14.1. The van der Waals surface area contributed by atoms with E-state index in [1.54, 1.807) is 29.2 Å². The van der Waals surface area contributed by atoms with Crippen LogP contribution in [0.5, 0.6) is 5.75 Å². The normalized spacial score (nSPS) is 19.1. The molecule has 0 aromatic heterocycles. The molecule has 4 rings (SSSR count). The summed E-state index contributed by atoms with van der Waals surface area (Å²) in [4.78, 5) is 40.1. The van der Waals surface area contributed by atoms with E-state index >= 15 is 0 Å². The molecule has 1 unspecified atom stereocenters. The van der Waals surface area contributed by atoms with Crippen molar-refractivity contribution in [2.24, 2.45) is 0 Å². The third-order valence-electron chi connectivity index (χ3n) is 5.43. The Hall–Kier alpha value is -3.19. The minimum absolute atomic E-state index is 0.131. The Kier molecular flexibility index (Phi) is 5.81. The van der Waals surface area contributed by atoms with Crippen molar-refractivity contribution in [3.8, 4) is 5.75 Å². The van der Waals surface area contributed by atoms with Gasteiger partial charge in [0.1, 0.15) is 5.75 Å². The van der Waals surface area contributed by atoms with Crippen molar-refractivity contribution in [3.63, 3.8) is 0 Å². The van der Waals surface area contributed by atoms with Crippen LogP contribution in [0.3, 0.4) is 0 Å². The number of amides is 3. The van der Waals surface area contributed by atoms with Crippen LogP contribution in [0.4, 0.5) is 11.4 Å². The maximum absolute atomic E-state index is 12.8. The maximum Gasteiger partial charge on any atom is 0.251 e. The Morgan fingerprint density at radius 2 is 1.67 bits per heavy atom. The van der Waals surface area contributed by atoms with E-state index in [1.807, 2.05) is 31.2 Å². The lowest BCUT2D eigenvalue weighted by molar-refractivity contribution is -0.122. The van der Waals surface area contributed by atoms with Gasteiger partial charge >= 0.3 is 0 Å². The largest absolute Gasteiger partial charge is 0.494 e. The number of hydrogen-bond acceptors (Lipinski definition) is 5. The molecule has 2 aliphatic rings. The predicted octanol–water partition coefficient (Wildman–Crippen LogP) is 2.63. The van der Waals surface area contributed by atoms with E-state index in [4.69, 9.17) is 4.74 Å². The van der Waals surface area contributed by atoms with E-state index in [-0.39, 0.29) is 24.1 Å². The molecular formula is C23H25N3O4. The summed E-state index contributed by atoms with van der Waals surface area (Å²) in [5.41, 5.74) is 2.44. The van der Waals surface area contributed by atoms with Crippen molar-refractivity contribution in [1.29, 1.82) is 0 Å². The smallest absolute Gasteiger partial charge is 0.251 e. The molecule has 0 saturated carbocycles. The summed E-state index contributed by atoms with van der Waals surface area (Å²) in [6.45, 7) is 3.69. The lowest BCUT2D eigenvalue weighted by Gasteiger charge is -2.17. The summed E-state index contributed by atoms with van der Waals surface area (Å²) < 4.78 is 5.41. The van der Waals surface area contributed by atoms with Crippen LogP contribution in [0.1, 0.15) is 31.7 Å². The van der Waals surface area contributed by atoms with Gasteiger partial charge < -0.3 is 15.0 Å². The van der Waals surface area contributed by atoms with Gasteiger partial charge in [-0.3, -0.25) is 14.4 Å². The van der Waals surface area contributed by atoms with E-state index in [2.05, 4.69) is 5.32 Å². The highest BCUT2D eigenvalue weighted by Gasteiger charge is 2.39. The van der Waals surface area contributed by atoms with Gasteiger partial charge in [-0.25, -0.2) is 4.90 Å². The molecule has 0 radical (unpaired) electrons. The molecular weight excluding hydrogens is 382 g/mol. The first kappa shape index (κ1) is 20.1. The van der Waals surface area contributed by atoms with E-state index < -0.39 is 6.04 Å². The molecule has 2 heterocycles. The van der Waals surface area contributed by atoms with Crippen LogP contribution in [0.15, 0.2) is 48.5 Å². The van der Waals surface area contributed by atoms with E-state index in [0.717, 1.165) is 24.2 Å². The lowest BCUT2D eigenvalue weighted by atomic mass is 10.1. The number of imide groups is 1. The Morgan fingerprint density at radius 1 is 0.967 bits per heavy atom. The topological polar surface area (TPSA) is 79.0 Å². The Labute approximate surface area is 175 Å². The number of nitrogens with zero attached hydrogens (tertiary/aromatic N) is 2. The van der Waals surface area contributed by atoms with Crippen molar-refractivity contribution in [2.45, 2.75) is 38.8 Å². The lowest BCUT2D eigenvalue weighted by Crippen LogP contribution is -2.38. The fraction of sp³-hybridized carbons (Fsp3) is 0.348. The average Bonchev–Trinajstić information content (AvgIpc) is 3.30. The molecule has 1 atom stereocenters. The van der Waals surface area contributed by atoms with E-state index in [0.29, 0.717) is 31.0 Å². The number of carbonyl (C=O) groups is 3. The van der Waals surface area contributed by atoms with Crippen LogP contribution in [-0.4, -0.2) is 36.9 Å². The fourth-order valence-electron chi connectivity index (χ4n) is 3.88. The predicted molar refractivity (Wildman–Crippen MR) is 113 cm³/mol. The van der Waals surface area contributed by atoms with Gasteiger partial charge in [0.05, 0.1) is 24.8 Å². The maximum atomic E-state index is 12.8. The second-order valence-electron chi connectivity index (χ2n) is 7.45. The van der Waals surface area contributed by atoms with Crippen LogP contribution < -0.4 is 19.9 Å². The Morgan fingerprint density at radius 3 is 2.30 bits per heavy atom. The van der Waals surface area contributed by atoms with E-state index in [1.165, 1.54) is 4.90 Å². The molecule has 2 aromatic carbocycles. The summed E-state index contributed by atoms with van der Waals surface area (Å²) in [5, 5.41) is 3.19. The van der Waals surface area contributed by atoms with Crippen LogP contribution >= 0.6 is 0 Å². The molecule has 0 aliphatic carbocycles. The highest BCUT2D eigenvalue weighted by molar-refractivity contribution is 6.22. The molecule has 7 nitrogen and oxygen atoms in total. The molecule has 30 heavy (non-hydrogen) atoms. The zero-order valence-corrected chi connectivity index (χ0v) is 17.0. The van der Waals surface area contributed by atoms with Gasteiger partial charge in [-0.05, 0) is 55.3 Å². The van der Waals surface area contributed by atoms with Gasteiger partial charge in [-0.15, -0.1) is 0 Å². The molecule has 3 amide bonds.